The number of aromatic amines is 1. The van der Waals surface area contributed by atoms with Gasteiger partial charge in [-0.15, -0.1) is 0 Å². The molecule has 0 atom stereocenters. The normalized spacial score (nSPS) is 10.4. The van der Waals surface area contributed by atoms with E-state index in [0.717, 1.165) is 0 Å². The summed E-state index contributed by atoms with van der Waals surface area (Å²) in [7, 11) is 0. The fourth-order valence-electron chi connectivity index (χ4n) is 0.793. The summed E-state index contributed by atoms with van der Waals surface area (Å²) >= 11 is 0. The van der Waals surface area contributed by atoms with Crippen LogP contribution in [-0.2, 0) is 0 Å². The van der Waals surface area contributed by atoms with Crippen molar-refractivity contribution in [3.63, 3.8) is 0 Å². The van der Waals surface area contributed by atoms with Crippen LogP contribution in [0.25, 0.3) is 11.1 Å². The Morgan fingerprint density at radius 3 is 3.30 bits per heavy atom. The van der Waals surface area contributed by atoms with Gasteiger partial charge in [0.05, 0.1) is 12.5 Å². The minimum Gasteiger partial charge on any atom is -0.461 e. The SMILES string of the molecule is O=c1ccoc2cn[nH]c12. The van der Waals surface area contributed by atoms with E-state index in [1.807, 2.05) is 0 Å². The summed E-state index contributed by atoms with van der Waals surface area (Å²) in [5.41, 5.74) is 0.814. The zero-order valence-electron chi connectivity index (χ0n) is 5.00. The summed E-state index contributed by atoms with van der Waals surface area (Å²) in [6.07, 6.45) is 2.82. The van der Waals surface area contributed by atoms with Crippen molar-refractivity contribution in [1.29, 1.82) is 0 Å². The number of rotatable bonds is 0. The van der Waals surface area contributed by atoms with Crippen molar-refractivity contribution in [2.45, 2.75) is 0 Å². The second kappa shape index (κ2) is 1.70. The van der Waals surface area contributed by atoms with Gasteiger partial charge in [0.2, 0.25) is 5.43 Å². The molecular weight excluding hydrogens is 132 g/mol. The molecule has 0 saturated carbocycles. The van der Waals surface area contributed by atoms with E-state index in [0.29, 0.717) is 11.1 Å². The van der Waals surface area contributed by atoms with E-state index in [9.17, 15) is 4.79 Å². The molecule has 0 saturated heterocycles. The van der Waals surface area contributed by atoms with Gasteiger partial charge in [-0.2, -0.15) is 5.10 Å². The average molecular weight is 136 g/mol. The van der Waals surface area contributed by atoms with Gasteiger partial charge in [0.25, 0.3) is 0 Å². The standard InChI is InChI=1S/C6H4N2O2/c9-4-1-2-10-5-3-7-8-6(4)5/h1-3H,(H,7,8). The molecule has 2 aromatic rings. The molecule has 4 heteroatoms. The monoisotopic (exact) mass is 136 g/mol. The van der Waals surface area contributed by atoms with Crippen molar-refractivity contribution in [2.24, 2.45) is 0 Å². The van der Waals surface area contributed by atoms with E-state index in [2.05, 4.69) is 10.2 Å². The second-order valence-electron chi connectivity index (χ2n) is 1.89. The fraction of sp³-hybridized carbons (Fsp3) is 0. The number of nitrogens with zero attached hydrogens (tertiary/aromatic N) is 1. The van der Waals surface area contributed by atoms with Crippen LogP contribution in [0.15, 0.2) is 27.7 Å². The molecule has 2 rings (SSSR count). The van der Waals surface area contributed by atoms with Gasteiger partial charge >= 0.3 is 0 Å². The highest BCUT2D eigenvalue weighted by Crippen LogP contribution is 2.02. The number of H-pyrrole nitrogens is 1. The maximum absolute atomic E-state index is 10.9. The lowest BCUT2D eigenvalue weighted by molar-refractivity contribution is 0.603. The Kier molecular flexibility index (Phi) is 0.887. The van der Waals surface area contributed by atoms with Crippen LogP contribution in [0, 0.1) is 0 Å². The number of hydrogen-bond donors (Lipinski definition) is 1. The summed E-state index contributed by atoms with van der Waals surface area (Å²) in [4.78, 5) is 10.9. The maximum Gasteiger partial charge on any atom is 0.210 e. The zero-order chi connectivity index (χ0) is 6.97. The molecule has 50 valence electrons. The van der Waals surface area contributed by atoms with Crippen LogP contribution in [0.2, 0.25) is 0 Å². The van der Waals surface area contributed by atoms with Crippen molar-refractivity contribution in [1.82, 2.24) is 10.2 Å². The number of fused-ring (bicyclic) bond motifs is 1. The quantitative estimate of drug-likeness (QED) is 0.574. The van der Waals surface area contributed by atoms with Crippen LogP contribution in [0.3, 0.4) is 0 Å². The molecule has 0 fully saturated rings. The van der Waals surface area contributed by atoms with Crippen LogP contribution < -0.4 is 5.43 Å². The molecule has 0 aliphatic rings. The summed E-state index contributed by atoms with van der Waals surface area (Å²) < 4.78 is 4.94. The Bertz CT molecular complexity index is 401. The number of aromatic nitrogens is 2. The first kappa shape index (κ1) is 5.22. The van der Waals surface area contributed by atoms with E-state index >= 15 is 0 Å². The number of nitrogens with one attached hydrogen (secondary N) is 1. The van der Waals surface area contributed by atoms with Gasteiger partial charge in [-0.1, -0.05) is 0 Å². The van der Waals surface area contributed by atoms with Gasteiger partial charge in [0.15, 0.2) is 5.58 Å². The largest absolute Gasteiger partial charge is 0.461 e. The van der Waals surface area contributed by atoms with Crippen LogP contribution >= 0.6 is 0 Å². The Hall–Kier alpha value is -1.58. The molecule has 2 heterocycles. The molecule has 0 bridgehead atoms. The molecule has 10 heavy (non-hydrogen) atoms. The van der Waals surface area contributed by atoms with Crippen LogP contribution in [0.1, 0.15) is 0 Å². The highest BCUT2D eigenvalue weighted by Gasteiger charge is 1.98. The van der Waals surface area contributed by atoms with E-state index < -0.39 is 0 Å². The molecule has 4 nitrogen and oxygen atoms in total. The summed E-state index contributed by atoms with van der Waals surface area (Å²) in [5, 5.41) is 6.17. The molecule has 0 radical (unpaired) electrons. The van der Waals surface area contributed by atoms with Crippen molar-refractivity contribution in [3.8, 4) is 0 Å². The van der Waals surface area contributed by atoms with E-state index in [4.69, 9.17) is 4.42 Å². The van der Waals surface area contributed by atoms with Gasteiger partial charge in [-0.05, 0) is 0 Å². The minimum atomic E-state index is -0.0984. The van der Waals surface area contributed by atoms with Crippen molar-refractivity contribution < 1.29 is 4.42 Å². The second-order valence-corrected chi connectivity index (χ2v) is 1.89. The molecule has 0 amide bonds. The van der Waals surface area contributed by atoms with Gasteiger partial charge in [-0.3, -0.25) is 9.89 Å². The van der Waals surface area contributed by atoms with Crippen LogP contribution in [-0.4, -0.2) is 10.2 Å². The van der Waals surface area contributed by atoms with E-state index in [1.54, 1.807) is 0 Å². The Morgan fingerprint density at radius 2 is 2.50 bits per heavy atom. The highest BCUT2D eigenvalue weighted by molar-refractivity contribution is 5.69. The maximum atomic E-state index is 10.9. The summed E-state index contributed by atoms with van der Waals surface area (Å²) in [6.45, 7) is 0. The van der Waals surface area contributed by atoms with Crippen molar-refractivity contribution in [2.75, 3.05) is 0 Å². The third kappa shape index (κ3) is 0.556. The molecular formula is C6H4N2O2. The molecule has 0 aliphatic heterocycles. The minimum absolute atomic E-state index is 0.0984. The van der Waals surface area contributed by atoms with Crippen LogP contribution in [0.5, 0.6) is 0 Å². The van der Waals surface area contributed by atoms with E-state index in [-0.39, 0.29) is 5.43 Å². The summed E-state index contributed by atoms with van der Waals surface area (Å²) in [6, 6.07) is 1.35. The fourth-order valence-corrected chi connectivity index (χ4v) is 0.793. The molecule has 0 aromatic carbocycles. The zero-order valence-corrected chi connectivity index (χ0v) is 5.00. The third-order valence-corrected chi connectivity index (χ3v) is 1.27. The van der Waals surface area contributed by atoms with E-state index in [1.165, 1.54) is 18.5 Å². The lowest BCUT2D eigenvalue weighted by atomic mass is 10.4. The topological polar surface area (TPSA) is 58.9 Å². The Labute approximate surface area is 55.5 Å². The first-order chi connectivity index (χ1) is 4.88. The highest BCUT2D eigenvalue weighted by atomic mass is 16.3. The average Bonchev–Trinajstić information content (AvgIpc) is 2.36. The molecule has 1 N–H and O–H groups in total. The molecule has 0 spiro atoms. The Morgan fingerprint density at radius 1 is 1.60 bits per heavy atom. The van der Waals surface area contributed by atoms with Crippen LogP contribution in [0.4, 0.5) is 0 Å². The lowest BCUT2D eigenvalue weighted by Crippen LogP contribution is -1.96. The van der Waals surface area contributed by atoms with Gasteiger partial charge in [0, 0.05) is 6.07 Å². The molecule has 0 unspecified atom stereocenters. The lowest BCUT2D eigenvalue weighted by Gasteiger charge is -1.81. The first-order valence-electron chi connectivity index (χ1n) is 2.79. The molecule has 2 aromatic heterocycles. The Balaban J connectivity index is 3.09. The third-order valence-electron chi connectivity index (χ3n) is 1.27. The smallest absolute Gasteiger partial charge is 0.210 e. The predicted octanol–water partition coefficient (Wildman–Crippen LogP) is 0.516. The predicted molar refractivity (Wildman–Crippen MR) is 34.6 cm³/mol. The van der Waals surface area contributed by atoms with Gasteiger partial charge in [-0.25, -0.2) is 0 Å². The molecule has 0 aliphatic carbocycles. The van der Waals surface area contributed by atoms with Crippen molar-refractivity contribution in [3.05, 3.63) is 28.7 Å². The summed E-state index contributed by atoms with van der Waals surface area (Å²) in [5.74, 6) is 0. The number of hydrogen-bond acceptors (Lipinski definition) is 3. The van der Waals surface area contributed by atoms with Gasteiger partial charge < -0.3 is 4.42 Å². The first-order valence-corrected chi connectivity index (χ1v) is 2.79. The van der Waals surface area contributed by atoms with Crippen molar-refractivity contribution >= 4 is 11.1 Å². The van der Waals surface area contributed by atoms with Gasteiger partial charge in [0.1, 0.15) is 5.52 Å².